The summed E-state index contributed by atoms with van der Waals surface area (Å²) < 4.78 is 5.51. The summed E-state index contributed by atoms with van der Waals surface area (Å²) in [7, 11) is 0. The molecular weight excluding hydrogens is 248 g/mol. The fraction of sp³-hybridized carbons (Fsp3) is 0.462. The number of carboxylic acids is 1. The van der Waals surface area contributed by atoms with Crippen LogP contribution in [0.1, 0.15) is 40.1 Å². The van der Waals surface area contributed by atoms with E-state index < -0.39 is 5.97 Å². The van der Waals surface area contributed by atoms with E-state index in [1.165, 1.54) is 18.3 Å². The highest BCUT2D eigenvalue weighted by Gasteiger charge is 2.15. The van der Waals surface area contributed by atoms with Crippen molar-refractivity contribution in [2.75, 3.05) is 13.2 Å². The zero-order valence-corrected chi connectivity index (χ0v) is 10.5. The van der Waals surface area contributed by atoms with E-state index in [0.717, 1.165) is 25.9 Å². The number of amides is 1. The lowest BCUT2D eigenvalue weighted by Crippen LogP contribution is -2.35. The third kappa shape index (κ3) is 3.75. The molecule has 102 valence electrons. The van der Waals surface area contributed by atoms with E-state index in [9.17, 15) is 9.59 Å². The van der Waals surface area contributed by atoms with Gasteiger partial charge in [0.1, 0.15) is 5.69 Å². The summed E-state index contributed by atoms with van der Waals surface area (Å²) in [5.41, 5.74) is 0.271. The van der Waals surface area contributed by atoms with Crippen LogP contribution >= 0.6 is 0 Å². The number of carboxylic acid groups (broad SMARTS) is 1. The quantitative estimate of drug-likeness (QED) is 0.849. The van der Waals surface area contributed by atoms with Gasteiger partial charge in [-0.25, -0.2) is 9.78 Å². The molecule has 1 unspecified atom stereocenters. The number of hydrogen-bond donors (Lipinski definition) is 2. The summed E-state index contributed by atoms with van der Waals surface area (Å²) in [6.45, 7) is 1.22. The second-order valence-electron chi connectivity index (χ2n) is 4.44. The number of rotatable bonds is 4. The third-order valence-electron chi connectivity index (χ3n) is 3.01. The smallest absolute Gasteiger partial charge is 0.354 e. The number of pyridine rings is 1. The molecule has 0 saturated carbocycles. The molecule has 1 aliphatic heterocycles. The lowest BCUT2D eigenvalue weighted by Gasteiger charge is -2.22. The molecule has 6 heteroatoms. The van der Waals surface area contributed by atoms with Gasteiger partial charge in [0.05, 0.1) is 11.7 Å². The van der Waals surface area contributed by atoms with Gasteiger partial charge < -0.3 is 15.2 Å². The van der Waals surface area contributed by atoms with E-state index in [-0.39, 0.29) is 17.7 Å². The molecule has 1 aromatic rings. The molecule has 1 amide bonds. The van der Waals surface area contributed by atoms with Gasteiger partial charge in [-0.05, 0) is 31.4 Å². The Labute approximate surface area is 110 Å². The van der Waals surface area contributed by atoms with Gasteiger partial charge >= 0.3 is 5.97 Å². The Morgan fingerprint density at radius 3 is 2.84 bits per heavy atom. The maximum absolute atomic E-state index is 11.8. The highest BCUT2D eigenvalue weighted by atomic mass is 16.5. The van der Waals surface area contributed by atoms with Crippen molar-refractivity contribution in [2.45, 2.75) is 25.4 Å². The van der Waals surface area contributed by atoms with Gasteiger partial charge in [-0.1, -0.05) is 0 Å². The van der Waals surface area contributed by atoms with E-state index in [0.29, 0.717) is 12.1 Å². The maximum atomic E-state index is 11.8. The van der Waals surface area contributed by atoms with Crippen LogP contribution in [0, 0.1) is 0 Å². The van der Waals surface area contributed by atoms with Crippen molar-refractivity contribution < 1.29 is 19.4 Å². The third-order valence-corrected chi connectivity index (χ3v) is 3.01. The average Bonchev–Trinajstić information content (AvgIpc) is 2.46. The Hall–Kier alpha value is -1.95. The van der Waals surface area contributed by atoms with Crippen LogP contribution in [0.25, 0.3) is 0 Å². The summed E-state index contributed by atoms with van der Waals surface area (Å²) in [6, 6.07) is 2.77. The van der Waals surface area contributed by atoms with E-state index >= 15 is 0 Å². The standard InChI is InChI=1S/C13H16N2O4/c16-12(15-8-10-3-1-2-6-19-10)9-4-5-11(13(17)18)14-7-9/h4-5,7,10H,1-3,6,8H2,(H,15,16)(H,17,18). The lowest BCUT2D eigenvalue weighted by molar-refractivity contribution is 0.0169. The van der Waals surface area contributed by atoms with Crippen LogP contribution in [0.3, 0.4) is 0 Å². The molecule has 1 aliphatic rings. The van der Waals surface area contributed by atoms with Crippen LogP contribution in [-0.4, -0.2) is 41.2 Å². The Kier molecular flexibility index (Phi) is 4.46. The molecule has 0 radical (unpaired) electrons. The number of aromatic carboxylic acids is 1. The first-order chi connectivity index (χ1) is 9.16. The molecule has 1 atom stereocenters. The highest BCUT2D eigenvalue weighted by molar-refractivity contribution is 5.94. The van der Waals surface area contributed by atoms with Crippen LogP contribution < -0.4 is 5.32 Å². The number of nitrogens with zero attached hydrogens (tertiary/aromatic N) is 1. The van der Waals surface area contributed by atoms with Crippen molar-refractivity contribution in [1.29, 1.82) is 0 Å². The van der Waals surface area contributed by atoms with Gasteiger partial charge in [-0.15, -0.1) is 0 Å². The van der Waals surface area contributed by atoms with Crippen LogP contribution in [0.2, 0.25) is 0 Å². The molecule has 2 rings (SSSR count). The van der Waals surface area contributed by atoms with Gasteiger partial charge in [-0.3, -0.25) is 4.79 Å². The van der Waals surface area contributed by atoms with Crippen LogP contribution in [0.5, 0.6) is 0 Å². The molecule has 6 nitrogen and oxygen atoms in total. The molecule has 0 bridgehead atoms. The molecular formula is C13H16N2O4. The minimum absolute atomic E-state index is 0.0731. The Morgan fingerprint density at radius 1 is 1.42 bits per heavy atom. The van der Waals surface area contributed by atoms with E-state index in [2.05, 4.69) is 10.3 Å². The summed E-state index contributed by atoms with van der Waals surface area (Å²) in [6.07, 6.45) is 4.49. The number of aromatic nitrogens is 1. The van der Waals surface area contributed by atoms with Crippen LogP contribution in [0.15, 0.2) is 18.3 Å². The average molecular weight is 264 g/mol. The number of ether oxygens (including phenoxy) is 1. The predicted octanol–water partition coefficient (Wildman–Crippen LogP) is 1.08. The summed E-state index contributed by atoms with van der Waals surface area (Å²) in [5, 5.41) is 11.5. The molecule has 0 aliphatic carbocycles. The monoisotopic (exact) mass is 264 g/mol. The molecule has 2 heterocycles. The zero-order chi connectivity index (χ0) is 13.7. The Bertz CT molecular complexity index is 452. The van der Waals surface area contributed by atoms with Crippen molar-refractivity contribution in [3.63, 3.8) is 0 Å². The second kappa shape index (κ2) is 6.29. The fourth-order valence-corrected chi connectivity index (χ4v) is 1.93. The summed E-state index contributed by atoms with van der Waals surface area (Å²) in [4.78, 5) is 26.2. The van der Waals surface area contributed by atoms with Crippen LogP contribution in [-0.2, 0) is 4.74 Å². The van der Waals surface area contributed by atoms with Gasteiger partial charge in [0.25, 0.3) is 5.91 Å². The predicted molar refractivity (Wildman–Crippen MR) is 67.1 cm³/mol. The van der Waals surface area contributed by atoms with Crippen LogP contribution in [0.4, 0.5) is 0 Å². The van der Waals surface area contributed by atoms with Crippen molar-refractivity contribution >= 4 is 11.9 Å². The highest BCUT2D eigenvalue weighted by Crippen LogP contribution is 2.11. The van der Waals surface area contributed by atoms with Crippen molar-refractivity contribution in [1.82, 2.24) is 10.3 Å². The van der Waals surface area contributed by atoms with Crippen molar-refractivity contribution in [2.24, 2.45) is 0 Å². The number of carbonyl (C=O) groups excluding carboxylic acids is 1. The van der Waals surface area contributed by atoms with Crippen molar-refractivity contribution in [3.05, 3.63) is 29.6 Å². The minimum atomic E-state index is -1.11. The van der Waals surface area contributed by atoms with Gasteiger partial charge in [-0.2, -0.15) is 0 Å². The Morgan fingerprint density at radius 2 is 2.26 bits per heavy atom. The summed E-state index contributed by atoms with van der Waals surface area (Å²) >= 11 is 0. The van der Waals surface area contributed by atoms with Gasteiger partial charge in [0.15, 0.2) is 0 Å². The van der Waals surface area contributed by atoms with E-state index in [1.807, 2.05) is 0 Å². The normalized spacial score (nSPS) is 18.8. The number of nitrogens with one attached hydrogen (secondary N) is 1. The Balaban J connectivity index is 1.86. The van der Waals surface area contributed by atoms with Gasteiger partial charge in [0, 0.05) is 19.3 Å². The SMILES string of the molecule is O=C(NCC1CCCCO1)c1ccc(C(=O)O)nc1. The number of carbonyl (C=O) groups is 2. The first kappa shape index (κ1) is 13.5. The molecule has 1 aromatic heterocycles. The minimum Gasteiger partial charge on any atom is -0.477 e. The fourth-order valence-electron chi connectivity index (χ4n) is 1.93. The molecule has 0 spiro atoms. The zero-order valence-electron chi connectivity index (χ0n) is 10.5. The molecule has 1 fully saturated rings. The van der Waals surface area contributed by atoms with Gasteiger partial charge in [0.2, 0.25) is 0 Å². The van der Waals surface area contributed by atoms with E-state index in [1.54, 1.807) is 0 Å². The van der Waals surface area contributed by atoms with Crippen molar-refractivity contribution in [3.8, 4) is 0 Å². The molecule has 19 heavy (non-hydrogen) atoms. The molecule has 0 aromatic carbocycles. The topological polar surface area (TPSA) is 88.5 Å². The molecule has 2 N–H and O–H groups in total. The number of hydrogen-bond acceptors (Lipinski definition) is 4. The second-order valence-corrected chi connectivity index (χ2v) is 4.44. The van der Waals surface area contributed by atoms with E-state index in [4.69, 9.17) is 9.84 Å². The maximum Gasteiger partial charge on any atom is 0.354 e. The molecule has 1 saturated heterocycles. The largest absolute Gasteiger partial charge is 0.477 e. The first-order valence-electron chi connectivity index (χ1n) is 6.26. The summed E-state index contributed by atoms with van der Waals surface area (Å²) in [5.74, 6) is -1.37. The first-order valence-corrected chi connectivity index (χ1v) is 6.26. The lowest BCUT2D eigenvalue weighted by atomic mass is 10.1.